The molecule has 0 spiro atoms. The molecule has 0 aliphatic carbocycles. The van der Waals surface area contributed by atoms with Crippen LogP contribution in [0.25, 0.3) is 22.0 Å². The van der Waals surface area contributed by atoms with E-state index in [1.165, 1.54) is 18.2 Å². The van der Waals surface area contributed by atoms with E-state index < -0.39 is 17.3 Å². The number of alkyl halides is 3. The Morgan fingerprint density at radius 1 is 0.971 bits per heavy atom. The number of carbonyl (C=O) groups excluding carboxylic acids is 1. The van der Waals surface area contributed by atoms with Gasteiger partial charge in [0.1, 0.15) is 0 Å². The Morgan fingerprint density at radius 2 is 1.71 bits per heavy atom. The Kier molecular flexibility index (Phi) is 6.14. The molecule has 5 rings (SSSR count). The highest BCUT2D eigenvalue weighted by molar-refractivity contribution is 5.90. The Bertz CT molecular complexity index is 1310. The monoisotopic (exact) mass is 485 g/mol. The number of likely N-dealkylation sites (tertiary alicyclic amines) is 2. The van der Waals surface area contributed by atoms with Crippen LogP contribution in [0.1, 0.15) is 36.3 Å². The number of amides is 1. The van der Waals surface area contributed by atoms with Gasteiger partial charge in [0.2, 0.25) is 5.91 Å². The first-order chi connectivity index (χ1) is 16.7. The first kappa shape index (κ1) is 23.6. The maximum Gasteiger partial charge on any atom is 0.417 e. The third kappa shape index (κ3) is 4.70. The van der Waals surface area contributed by atoms with Crippen molar-refractivity contribution in [3.05, 3.63) is 70.0 Å². The number of hydrogen-bond acceptors (Lipinski definition) is 4. The van der Waals surface area contributed by atoms with Crippen LogP contribution in [0.3, 0.4) is 0 Å². The van der Waals surface area contributed by atoms with E-state index in [0.717, 1.165) is 24.7 Å². The second-order valence-corrected chi connectivity index (χ2v) is 9.34. The van der Waals surface area contributed by atoms with Crippen molar-refractivity contribution in [2.45, 2.75) is 37.5 Å². The van der Waals surface area contributed by atoms with Crippen LogP contribution in [0.2, 0.25) is 0 Å². The fourth-order valence-corrected chi connectivity index (χ4v) is 5.10. The van der Waals surface area contributed by atoms with Crippen molar-refractivity contribution in [1.82, 2.24) is 14.8 Å². The van der Waals surface area contributed by atoms with Crippen molar-refractivity contribution in [3.63, 3.8) is 0 Å². The number of benzene rings is 2. The molecule has 2 saturated heterocycles. The van der Waals surface area contributed by atoms with Crippen molar-refractivity contribution in [3.8, 4) is 11.3 Å². The maximum absolute atomic E-state index is 13.5. The summed E-state index contributed by atoms with van der Waals surface area (Å²) in [6.45, 7) is 2.64. The predicted molar refractivity (Wildman–Crippen MR) is 126 cm³/mol. The van der Waals surface area contributed by atoms with Crippen molar-refractivity contribution in [2.24, 2.45) is 0 Å². The molecule has 0 unspecified atom stereocenters. The maximum atomic E-state index is 13.5. The Balaban J connectivity index is 1.40. The molecule has 0 bridgehead atoms. The number of aliphatic hydroxyl groups is 1. The van der Waals surface area contributed by atoms with Gasteiger partial charge in [-0.1, -0.05) is 30.3 Å². The number of H-pyrrole nitrogens is 1. The second-order valence-electron chi connectivity index (χ2n) is 9.34. The number of carbonyl (C=O) groups is 1. The molecule has 1 aromatic heterocycles. The average molecular weight is 486 g/mol. The van der Waals surface area contributed by atoms with E-state index in [1.807, 2.05) is 4.90 Å². The molecular weight excluding hydrogens is 459 g/mol. The van der Waals surface area contributed by atoms with Gasteiger partial charge in [-0.2, -0.15) is 13.2 Å². The van der Waals surface area contributed by atoms with Gasteiger partial charge in [0, 0.05) is 36.3 Å². The second kappa shape index (κ2) is 9.13. The molecule has 2 fully saturated rings. The van der Waals surface area contributed by atoms with Crippen molar-refractivity contribution < 1.29 is 23.1 Å². The number of piperidine rings is 1. The lowest BCUT2D eigenvalue weighted by molar-refractivity contribution is -0.137. The van der Waals surface area contributed by atoms with Gasteiger partial charge in [-0.3, -0.25) is 14.5 Å². The number of aliphatic hydroxyl groups excluding tert-OH is 1. The molecule has 2 aliphatic heterocycles. The quantitative estimate of drug-likeness (QED) is 0.587. The highest BCUT2D eigenvalue weighted by Gasteiger charge is 2.35. The number of nitrogens with one attached hydrogen (secondary N) is 1. The number of aromatic nitrogens is 1. The molecule has 2 aromatic carbocycles. The lowest BCUT2D eigenvalue weighted by atomic mass is 9.94. The van der Waals surface area contributed by atoms with E-state index in [0.29, 0.717) is 43.2 Å². The summed E-state index contributed by atoms with van der Waals surface area (Å²) in [5.41, 5.74) is -0.571. The number of halogens is 3. The van der Waals surface area contributed by atoms with Crippen molar-refractivity contribution in [2.75, 3.05) is 26.3 Å². The van der Waals surface area contributed by atoms with E-state index >= 15 is 0 Å². The minimum atomic E-state index is -4.55. The van der Waals surface area contributed by atoms with Gasteiger partial charge in [-0.25, -0.2) is 0 Å². The van der Waals surface area contributed by atoms with Crippen LogP contribution in [-0.4, -0.2) is 58.2 Å². The molecule has 1 atom stereocenters. The number of fused-ring (bicyclic) bond motifs is 1. The van der Waals surface area contributed by atoms with Gasteiger partial charge in [0.25, 0.3) is 5.56 Å². The molecule has 2 N–H and O–H groups in total. The van der Waals surface area contributed by atoms with Gasteiger partial charge in [-0.15, -0.1) is 0 Å². The zero-order chi connectivity index (χ0) is 24.7. The summed E-state index contributed by atoms with van der Waals surface area (Å²) in [5, 5.41) is 10.5. The van der Waals surface area contributed by atoms with E-state index in [4.69, 9.17) is 0 Å². The molecular formula is C26H26F3N3O3. The highest BCUT2D eigenvalue weighted by Crippen LogP contribution is 2.37. The molecule has 0 saturated carbocycles. The van der Waals surface area contributed by atoms with Crippen LogP contribution in [0.15, 0.2) is 53.3 Å². The molecule has 3 heterocycles. The van der Waals surface area contributed by atoms with Gasteiger partial charge in [0.15, 0.2) is 0 Å². The first-order valence-electron chi connectivity index (χ1n) is 11.7. The molecule has 184 valence electrons. The van der Waals surface area contributed by atoms with Gasteiger partial charge >= 0.3 is 6.18 Å². The van der Waals surface area contributed by atoms with E-state index in [2.05, 4.69) is 9.88 Å². The zero-order valence-electron chi connectivity index (χ0n) is 19.0. The van der Waals surface area contributed by atoms with E-state index in [1.54, 1.807) is 24.3 Å². The van der Waals surface area contributed by atoms with Crippen molar-refractivity contribution >= 4 is 16.7 Å². The summed E-state index contributed by atoms with van der Waals surface area (Å²) in [4.78, 5) is 32.5. The smallest absolute Gasteiger partial charge is 0.393 e. The highest BCUT2D eigenvalue weighted by atomic mass is 19.4. The molecule has 3 aromatic rings. The Hall–Kier alpha value is -3.17. The summed E-state index contributed by atoms with van der Waals surface area (Å²) in [6, 6.07) is 11.8. The van der Waals surface area contributed by atoms with Crippen LogP contribution in [0.5, 0.6) is 0 Å². The third-order valence-corrected chi connectivity index (χ3v) is 7.02. The van der Waals surface area contributed by atoms with Gasteiger partial charge in [-0.05, 0) is 48.4 Å². The standard InChI is InChI=1S/C26H26F3N3O3/c27-26(28,29)22-4-2-1-3-20(22)23-14-17-6-5-16(13-21(17)24(34)30-23)19-9-12-32(25(19)35)15-31-10-7-18(33)8-11-31/h1-6,13-14,18-19,33H,7-12,15H2,(H,30,34)/t19-/m0/s1. The Morgan fingerprint density at radius 3 is 2.46 bits per heavy atom. The summed E-state index contributed by atoms with van der Waals surface area (Å²) in [6.07, 6.45) is -2.78. The Labute approximate surface area is 200 Å². The zero-order valence-corrected chi connectivity index (χ0v) is 19.0. The summed E-state index contributed by atoms with van der Waals surface area (Å²) >= 11 is 0. The molecule has 2 aliphatic rings. The number of pyridine rings is 1. The van der Waals surface area contributed by atoms with Gasteiger partial charge < -0.3 is 15.0 Å². The van der Waals surface area contributed by atoms with Crippen LogP contribution in [-0.2, 0) is 11.0 Å². The molecule has 1 amide bonds. The van der Waals surface area contributed by atoms with Crippen LogP contribution >= 0.6 is 0 Å². The fourth-order valence-electron chi connectivity index (χ4n) is 5.10. The predicted octanol–water partition coefficient (Wildman–Crippen LogP) is 3.94. The molecule has 9 heteroatoms. The number of hydrogen-bond donors (Lipinski definition) is 2. The number of rotatable bonds is 4. The van der Waals surface area contributed by atoms with Crippen molar-refractivity contribution in [1.29, 1.82) is 0 Å². The number of aromatic amines is 1. The summed E-state index contributed by atoms with van der Waals surface area (Å²) in [5.74, 6) is -0.359. The topological polar surface area (TPSA) is 76.6 Å². The number of nitrogens with zero attached hydrogens (tertiary/aromatic N) is 2. The fraction of sp³-hybridized carbons (Fsp3) is 0.385. The molecule has 6 nitrogen and oxygen atoms in total. The minimum absolute atomic E-state index is 0.00243. The first-order valence-corrected chi connectivity index (χ1v) is 11.7. The lowest BCUT2D eigenvalue weighted by Gasteiger charge is -2.32. The largest absolute Gasteiger partial charge is 0.417 e. The minimum Gasteiger partial charge on any atom is -0.393 e. The average Bonchev–Trinajstić information content (AvgIpc) is 3.19. The van der Waals surface area contributed by atoms with E-state index in [9.17, 15) is 27.9 Å². The third-order valence-electron chi connectivity index (χ3n) is 7.02. The van der Waals surface area contributed by atoms with Crippen LogP contribution < -0.4 is 5.56 Å². The lowest BCUT2D eigenvalue weighted by Crippen LogP contribution is -2.44. The summed E-state index contributed by atoms with van der Waals surface area (Å²) in [7, 11) is 0. The van der Waals surface area contributed by atoms with Crippen LogP contribution in [0, 0.1) is 0 Å². The molecule has 0 radical (unpaired) electrons. The molecule has 35 heavy (non-hydrogen) atoms. The SMILES string of the molecule is O=C1[C@H](c2ccc3cc(-c4ccccc4C(F)(F)F)[nH]c(=O)c3c2)CCN1CN1CCC(O)CC1. The van der Waals surface area contributed by atoms with Gasteiger partial charge in [0.05, 0.1) is 24.3 Å². The van der Waals surface area contributed by atoms with Crippen LogP contribution in [0.4, 0.5) is 13.2 Å². The normalized spacial score (nSPS) is 20.2. The summed E-state index contributed by atoms with van der Waals surface area (Å²) < 4.78 is 40.4. The van der Waals surface area contributed by atoms with E-state index in [-0.39, 0.29) is 29.2 Å².